The summed E-state index contributed by atoms with van der Waals surface area (Å²) in [6.07, 6.45) is 0.453. The molecule has 0 aromatic heterocycles. The Morgan fingerprint density at radius 3 is 2.50 bits per heavy atom. The van der Waals surface area contributed by atoms with Crippen LogP contribution in [0, 0.1) is 22.7 Å². The van der Waals surface area contributed by atoms with Crippen LogP contribution in [-0.4, -0.2) is 11.9 Å². The number of hydrogen-bond acceptors (Lipinski definition) is 5. The second-order valence-corrected chi connectivity index (χ2v) is 2.08. The maximum absolute atomic E-state index is 8.18. The van der Waals surface area contributed by atoms with Crippen LogP contribution in [0.4, 0.5) is 0 Å². The zero-order valence-corrected chi connectivity index (χ0v) is 10.6. The fraction of sp³-hybridized carbons (Fsp3) is 0.333. The van der Waals surface area contributed by atoms with Gasteiger partial charge >= 0.3 is 51.4 Å². The van der Waals surface area contributed by atoms with Crippen LogP contribution in [0.25, 0.3) is 0 Å². The van der Waals surface area contributed by atoms with Crippen LogP contribution < -0.4 is 51.4 Å². The number of rotatable bonds is 5. The van der Waals surface area contributed by atoms with Gasteiger partial charge < -0.3 is 0 Å². The van der Waals surface area contributed by atoms with E-state index in [0.717, 1.165) is 12.0 Å². The molecule has 0 radical (unpaired) electrons. The molecule has 6 heteroatoms. The molecule has 12 heavy (non-hydrogen) atoms. The molecule has 0 saturated carbocycles. The molecule has 58 valence electrons. The van der Waals surface area contributed by atoms with Crippen molar-refractivity contribution >= 4 is 12.0 Å². The molecule has 0 aromatic carbocycles. The van der Waals surface area contributed by atoms with Crippen LogP contribution in [-0.2, 0) is 9.22 Å². The van der Waals surface area contributed by atoms with Gasteiger partial charge in [0.1, 0.15) is 12.1 Å². The summed E-state index contributed by atoms with van der Waals surface area (Å²) < 4.78 is 4.42. The first-order valence-corrected chi connectivity index (χ1v) is 3.61. The van der Waals surface area contributed by atoms with Crippen LogP contribution in [0.15, 0.2) is 12.7 Å². The molecule has 0 rings (SSSR count). The quantitative estimate of drug-likeness (QED) is 0.133. The SMILES string of the molecule is C=CCSOOC(C#N)C#N.[K+]. The van der Waals surface area contributed by atoms with E-state index < -0.39 is 6.10 Å². The number of nitrogens with zero attached hydrogens (tertiary/aromatic N) is 2. The fourth-order valence-electron chi connectivity index (χ4n) is 0.215. The molecule has 0 atom stereocenters. The summed E-state index contributed by atoms with van der Waals surface area (Å²) in [6.45, 7) is 3.43. The first kappa shape index (κ1) is 15.1. The Bertz CT molecular complexity index is 185. The zero-order chi connectivity index (χ0) is 8.53. The van der Waals surface area contributed by atoms with Crippen molar-refractivity contribution in [2.75, 3.05) is 5.75 Å². The molecular weight excluding hydrogens is 203 g/mol. The van der Waals surface area contributed by atoms with Crippen molar-refractivity contribution in [2.45, 2.75) is 6.10 Å². The molecule has 0 fully saturated rings. The summed E-state index contributed by atoms with van der Waals surface area (Å²) in [4.78, 5) is 4.34. The van der Waals surface area contributed by atoms with Gasteiger partial charge in [0.25, 0.3) is 6.10 Å². The van der Waals surface area contributed by atoms with Crippen molar-refractivity contribution < 1.29 is 60.6 Å². The molecule has 0 heterocycles. The molecule has 0 aromatic rings. The molecule has 0 aliphatic heterocycles. The fourth-order valence-corrected chi connectivity index (χ4v) is 0.501. The van der Waals surface area contributed by atoms with Gasteiger partial charge in [-0.1, -0.05) is 6.08 Å². The summed E-state index contributed by atoms with van der Waals surface area (Å²) in [5.41, 5.74) is 0. The molecular formula is C6H6KN2O2S+. The molecule has 0 N–H and O–H groups in total. The molecule has 0 amide bonds. The van der Waals surface area contributed by atoms with E-state index in [-0.39, 0.29) is 51.4 Å². The third-order valence-electron chi connectivity index (χ3n) is 0.604. The molecule has 0 unspecified atom stereocenters. The van der Waals surface area contributed by atoms with Crippen molar-refractivity contribution in [1.82, 2.24) is 0 Å². The summed E-state index contributed by atoms with van der Waals surface area (Å²) in [7, 11) is 0. The van der Waals surface area contributed by atoms with E-state index in [1.54, 1.807) is 18.2 Å². The van der Waals surface area contributed by atoms with Gasteiger partial charge in [-0.05, 0) is 0 Å². The van der Waals surface area contributed by atoms with Gasteiger partial charge in [0.2, 0.25) is 0 Å². The molecule has 4 nitrogen and oxygen atoms in total. The Kier molecular flexibility index (Phi) is 14.6. The van der Waals surface area contributed by atoms with Gasteiger partial charge in [0.15, 0.2) is 0 Å². The maximum Gasteiger partial charge on any atom is 1.00 e. The predicted molar refractivity (Wildman–Crippen MR) is 39.8 cm³/mol. The topological polar surface area (TPSA) is 66.0 Å². The van der Waals surface area contributed by atoms with E-state index in [1.807, 2.05) is 0 Å². The molecule has 0 spiro atoms. The minimum absolute atomic E-state index is 0. The van der Waals surface area contributed by atoms with Gasteiger partial charge in [-0.3, -0.25) is 0 Å². The average molecular weight is 209 g/mol. The average Bonchev–Trinajstić information content (AvgIpc) is 2.05. The zero-order valence-electron chi connectivity index (χ0n) is 6.69. The largest absolute Gasteiger partial charge is 1.00 e. The van der Waals surface area contributed by atoms with Crippen LogP contribution in [0.1, 0.15) is 0 Å². The Balaban J connectivity index is 0. The minimum Gasteiger partial charge on any atom is -0.194 e. The second-order valence-electron chi connectivity index (χ2n) is 1.38. The molecule has 0 bridgehead atoms. The summed E-state index contributed by atoms with van der Waals surface area (Å²) >= 11 is 0.970. The molecule has 0 aliphatic rings. The summed E-state index contributed by atoms with van der Waals surface area (Å²) in [6, 6.07) is 3.16. The Morgan fingerprint density at radius 1 is 1.50 bits per heavy atom. The predicted octanol–water partition coefficient (Wildman–Crippen LogP) is -1.81. The number of nitriles is 2. The smallest absolute Gasteiger partial charge is 0.194 e. The third kappa shape index (κ3) is 8.72. The van der Waals surface area contributed by atoms with E-state index in [9.17, 15) is 0 Å². The van der Waals surface area contributed by atoms with Crippen LogP contribution in [0.2, 0.25) is 0 Å². The van der Waals surface area contributed by atoms with Gasteiger partial charge in [0.05, 0.1) is 0 Å². The first-order valence-electron chi connectivity index (χ1n) is 2.70. The standard InChI is InChI=1S/C6H6N2O2S.K/c1-2-3-11-10-9-6(4-7)5-8;/h2,6H,1,3H2;/q;+1. The maximum atomic E-state index is 8.18. The van der Waals surface area contributed by atoms with Crippen molar-refractivity contribution in [2.24, 2.45) is 0 Å². The van der Waals surface area contributed by atoms with Crippen molar-refractivity contribution in [1.29, 1.82) is 10.5 Å². The summed E-state index contributed by atoms with van der Waals surface area (Å²) in [5, 5.41) is 16.4. The monoisotopic (exact) mass is 209 g/mol. The van der Waals surface area contributed by atoms with Crippen LogP contribution in [0.3, 0.4) is 0 Å². The Morgan fingerprint density at radius 2 is 2.08 bits per heavy atom. The minimum atomic E-state index is -1.16. The third-order valence-corrected chi connectivity index (χ3v) is 1.15. The Hall–Kier alpha value is 0.626. The first-order chi connectivity index (χ1) is 5.35. The van der Waals surface area contributed by atoms with E-state index in [0.29, 0.717) is 5.75 Å². The van der Waals surface area contributed by atoms with E-state index in [4.69, 9.17) is 10.5 Å². The van der Waals surface area contributed by atoms with Crippen molar-refractivity contribution in [3.63, 3.8) is 0 Å². The molecule has 0 saturated heterocycles. The van der Waals surface area contributed by atoms with E-state index in [2.05, 4.69) is 15.8 Å². The van der Waals surface area contributed by atoms with Crippen molar-refractivity contribution in [3.8, 4) is 12.1 Å². The van der Waals surface area contributed by atoms with Gasteiger partial charge in [0, 0.05) is 17.8 Å². The van der Waals surface area contributed by atoms with Crippen LogP contribution in [0.5, 0.6) is 0 Å². The van der Waals surface area contributed by atoms with Gasteiger partial charge in [-0.2, -0.15) is 19.7 Å². The normalized spacial score (nSPS) is 7.92. The summed E-state index contributed by atoms with van der Waals surface area (Å²) in [5.74, 6) is 0.545. The van der Waals surface area contributed by atoms with Gasteiger partial charge in [-0.25, -0.2) is 0 Å². The van der Waals surface area contributed by atoms with Crippen LogP contribution >= 0.6 is 12.0 Å². The molecule has 0 aliphatic carbocycles. The van der Waals surface area contributed by atoms with Gasteiger partial charge in [-0.15, -0.1) is 6.58 Å². The van der Waals surface area contributed by atoms with E-state index >= 15 is 0 Å². The second kappa shape index (κ2) is 11.6. The number of hydrogen-bond donors (Lipinski definition) is 0. The van der Waals surface area contributed by atoms with E-state index in [1.165, 1.54) is 0 Å². The van der Waals surface area contributed by atoms with Crippen molar-refractivity contribution in [3.05, 3.63) is 12.7 Å². The Labute approximate surface area is 118 Å².